The molecule has 112 valence electrons. The molecule has 21 heavy (non-hydrogen) atoms. The Morgan fingerprint density at radius 1 is 1.43 bits per heavy atom. The fourth-order valence-corrected chi connectivity index (χ4v) is 3.31. The molecule has 2 aliphatic heterocycles. The van der Waals surface area contributed by atoms with Gasteiger partial charge in [-0.25, -0.2) is 0 Å². The zero-order chi connectivity index (χ0) is 14.8. The maximum absolute atomic E-state index is 12.1. The minimum absolute atomic E-state index is 0.162. The van der Waals surface area contributed by atoms with Crippen LogP contribution in [-0.2, 0) is 16.1 Å². The normalized spacial score (nSPS) is 21.2. The Morgan fingerprint density at radius 3 is 2.86 bits per heavy atom. The number of carbonyl (C=O) groups excluding carboxylic acids is 1. The van der Waals surface area contributed by atoms with Gasteiger partial charge in [0.15, 0.2) is 5.17 Å². The van der Waals surface area contributed by atoms with Crippen LogP contribution in [0.4, 0.5) is 0 Å². The van der Waals surface area contributed by atoms with Crippen molar-refractivity contribution in [3.8, 4) is 0 Å². The molecule has 0 aromatic carbocycles. The molecule has 1 aromatic rings. The molecule has 0 spiro atoms. The zero-order valence-corrected chi connectivity index (χ0v) is 13.0. The van der Waals surface area contributed by atoms with Gasteiger partial charge >= 0.3 is 0 Å². The maximum Gasteiger partial charge on any atom is 0.286 e. The van der Waals surface area contributed by atoms with Crippen molar-refractivity contribution >= 4 is 28.9 Å². The second-order valence-electron chi connectivity index (χ2n) is 4.91. The van der Waals surface area contributed by atoms with Gasteiger partial charge in [0.2, 0.25) is 0 Å². The Kier molecular flexibility index (Phi) is 4.12. The molecule has 1 aromatic heterocycles. The fraction of sp³-hybridized carbons (Fsp3) is 0.500. The lowest BCUT2D eigenvalue weighted by Crippen LogP contribution is -2.38. The summed E-state index contributed by atoms with van der Waals surface area (Å²) in [5.41, 5.74) is 2.05. The van der Waals surface area contributed by atoms with E-state index in [1.54, 1.807) is 6.20 Å². The van der Waals surface area contributed by atoms with Crippen LogP contribution in [0.2, 0.25) is 0 Å². The Labute approximate surface area is 127 Å². The lowest BCUT2D eigenvalue weighted by Gasteiger charge is -2.27. The van der Waals surface area contributed by atoms with E-state index in [9.17, 15) is 4.79 Å². The number of rotatable bonds is 2. The third-order valence-electron chi connectivity index (χ3n) is 3.62. The monoisotopic (exact) mass is 306 g/mol. The fourth-order valence-electron chi connectivity index (χ4n) is 2.35. The maximum atomic E-state index is 12.1. The van der Waals surface area contributed by atoms with Crippen LogP contribution < -0.4 is 0 Å². The average Bonchev–Trinajstić information content (AvgIpc) is 3.05. The van der Waals surface area contributed by atoms with Gasteiger partial charge in [0.25, 0.3) is 5.91 Å². The van der Waals surface area contributed by atoms with E-state index in [0.717, 1.165) is 36.1 Å². The van der Waals surface area contributed by atoms with Crippen molar-refractivity contribution in [1.29, 1.82) is 0 Å². The summed E-state index contributed by atoms with van der Waals surface area (Å²) >= 11 is 1.44. The number of thioether (sulfide) groups is 1. The molecule has 2 aliphatic rings. The van der Waals surface area contributed by atoms with Crippen molar-refractivity contribution in [3.63, 3.8) is 0 Å². The number of hydrogen-bond acceptors (Lipinski definition) is 5. The number of aryl methyl sites for hydroxylation is 1. The van der Waals surface area contributed by atoms with Crippen LogP contribution in [-0.4, -0.2) is 52.1 Å². The lowest BCUT2D eigenvalue weighted by atomic mass is 10.2. The van der Waals surface area contributed by atoms with Crippen molar-refractivity contribution in [3.05, 3.63) is 22.4 Å². The molecule has 3 heterocycles. The quantitative estimate of drug-likeness (QED) is 0.775. The van der Waals surface area contributed by atoms with Gasteiger partial charge in [-0.3, -0.25) is 9.48 Å². The summed E-state index contributed by atoms with van der Waals surface area (Å²) in [6, 6.07) is 0. The van der Waals surface area contributed by atoms with Crippen molar-refractivity contribution in [1.82, 2.24) is 14.7 Å². The van der Waals surface area contributed by atoms with E-state index in [-0.39, 0.29) is 5.91 Å². The van der Waals surface area contributed by atoms with E-state index in [2.05, 4.69) is 15.0 Å². The number of aromatic nitrogens is 2. The van der Waals surface area contributed by atoms with Crippen molar-refractivity contribution < 1.29 is 9.53 Å². The highest BCUT2D eigenvalue weighted by molar-refractivity contribution is 8.18. The number of nitrogens with zero attached hydrogens (tertiary/aromatic N) is 4. The molecule has 3 rings (SSSR count). The molecule has 0 bridgehead atoms. The lowest BCUT2D eigenvalue weighted by molar-refractivity contribution is -0.113. The second-order valence-corrected chi connectivity index (χ2v) is 5.92. The minimum atomic E-state index is -0.162. The van der Waals surface area contributed by atoms with Crippen LogP contribution >= 0.6 is 11.8 Å². The molecule has 1 fully saturated rings. The zero-order valence-electron chi connectivity index (χ0n) is 12.2. The number of amides is 1. The van der Waals surface area contributed by atoms with E-state index in [1.807, 2.05) is 24.6 Å². The topological polar surface area (TPSA) is 59.7 Å². The SMILES string of the molecule is CCn1ncc(/C=C2\SC(N3CCOCC3)=NC2=O)c1C. The van der Waals surface area contributed by atoms with Gasteiger partial charge in [-0.15, -0.1) is 0 Å². The summed E-state index contributed by atoms with van der Waals surface area (Å²) in [7, 11) is 0. The highest BCUT2D eigenvalue weighted by atomic mass is 32.2. The smallest absolute Gasteiger partial charge is 0.286 e. The van der Waals surface area contributed by atoms with Crippen molar-refractivity contribution in [2.75, 3.05) is 26.3 Å². The van der Waals surface area contributed by atoms with Crippen molar-refractivity contribution in [2.24, 2.45) is 4.99 Å². The van der Waals surface area contributed by atoms with E-state index >= 15 is 0 Å². The Morgan fingerprint density at radius 2 is 2.19 bits per heavy atom. The van der Waals surface area contributed by atoms with E-state index < -0.39 is 0 Å². The Balaban J connectivity index is 1.77. The first-order chi connectivity index (χ1) is 10.2. The van der Waals surface area contributed by atoms with E-state index in [1.165, 1.54) is 11.8 Å². The summed E-state index contributed by atoms with van der Waals surface area (Å²) in [4.78, 5) is 19.0. The molecular weight excluding hydrogens is 288 g/mol. The van der Waals surface area contributed by atoms with Gasteiger partial charge in [0, 0.05) is 30.9 Å². The summed E-state index contributed by atoms with van der Waals surface area (Å²) in [6.07, 6.45) is 3.69. The molecule has 0 N–H and O–H groups in total. The highest BCUT2D eigenvalue weighted by Crippen LogP contribution is 2.31. The molecular formula is C14H18N4O2S. The summed E-state index contributed by atoms with van der Waals surface area (Å²) < 4.78 is 7.24. The number of aliphatic imine (C=N–C) groups is 1. The number of hydrogen-bond donors (Lipinski definition) is 0. The third kappa shape index (κ3) is 2.89. The number of carbonyl (C=O) groups is 1. The van der Waals surface area contributed by atoms with Gasteiger partial charge in [-0.05, 0) is 31.7 Å². The van der Waals surface area contributed by atoms with Gasteiger partial charge in [-0.1, -0.05) is 0 Å². The van der Waals surface area contributed by atoms with E-state index in [0.29, 0.717) is 18.1 Å². The van der Waals surface area contributed by atoms with Crippen LogP contribution in [0.3, 0.4) is 0 Å². The predicted molar refractivity (Wildman–Crippen MR) is 83.0 cm³/mol. The van der Waals surface area contributed by atoms with Crippen LogP contribution in [0.1, 0.15) is 18.2 Å². The summed E-state index contributed by atoms with van der Waals surface area (Å²) in [5, 5.41) is 5.08. The first-order valence-electron chi connectivity index (χ1n) is 7.06. The molecule has 0 aliphatic carbocycles. The standard InChI is InChI=1S/C14H18N4O2S/c1-3-18-10(2)11(9-15-18)8-12-13(19)16-14(21-12)17-4-6-20-7-5-17/h8-9H,3-7H2,1-2H3/b12-8-. The molecule has 0 radical (unpaired) electrons. The largest absolute Gasteiger partial charge is 0.378 e. The molecule has 1 amide bonds. The van der Waals surface area contributed by atoms with Crippen molar-refractivity contribution in [2.45, 2.75) is 20.4 Å². The first kappa shape index (κ1) is 14.3. The Hall–Kier alpha value is -1.60. The number of ether oxygens (including phenoxy) is 1. The van der Waals surface area contributed by atoms with Crippen LogP contribution in [0.25, 0.3) is 6.08 Å². The molecule has 0 atom stereocenters. The second kappa shape index (κ2) is 6.03. The number of amidine groups is 1. The Bertz CT molecular complexity index is 614. The first-order valence-corrected chi connectivity index (χ1v) is 7.88. The van der Waals surface area contributed by atoms with Crippen LogP contribution in [0.5, 0.6) is 0 Å². The van der Waals surface area contributed by atoms with Gasteiger partial charge < -0.3 is 9.64 Å². The molecule has 7 heteroatoms. The van der Waals surface area contributed by atoms with Gasteiger partial charge in [0.05, 0.1) is 24.3 Å². The minimum Gasteiger partial charge on any atom is -0.378 e. The number of morpholine rings is 1. The average molecular weight is 306 g/mol. The van der Waals surface area contributed by atoms with E-state index in [4.69, 9.17) is 4.74 Å². The van der Waals surface area contributed by atoms with Crippen LogP contribution in [0.15, 0.2) is 16.1 Å². The molecule has 1 saturated heterocycles. The van der Waals surface area contributed by atoms with Gasteiger partial charge in [-0.2, -0.15) is 10.1 Å². The predicted octanol–water partition coefficient (Wildman–Crippen LogP) is 1.51. The molecule has 6 nitrogen and oxygen atoms in total. The van der Waals surface area contributed by atoms with Crippen LogP contribution in [0, 0.1) is 6.92 Å². The highest BCUT2D eigenvalue weighted by Gasteiger charge is 2.27. The summed E-state index contributed by atoms with van der Waals surface area (Å²) in [5.74, 6) is -0.162. The molecule has 0 saturated carbocycles. The van der Waals surface area contributed by atoms with Gasteiger partial charge in [0.1, 0.15) is 0 Å². The third-order valence-corrected chi connectivity index (χ3v) is 4.66. The molecule has 0 unspecified atom stereocenters. The summed E-state index contributed by atoms with van der Waals surface area (Å²) in [6.45, 7) is 7.84.